The summed E-state index contributed by atoms with van der Waals surface area (Å²) in [6.45, 7) is 2.34. The summed E-state index contributed by atoms with van der Waals surface area (Å²) in [4.78, 5) is 16.0. The molecular weight excluding hydrogens is 326 g/mol. The summed E-state index contributed by atoms with van der Waals surface area (Å²) in [5.41, 5.74) is 0.785. The van der Waals surface area contributed by atoms with Gasteiger partial charge in [0, 0.05) is 10.5 Å². The maximum Gasteiger partial charge on any atom is 0.356 e. The van der Waals surface area contributed by atoms with E-state index in [1.165, 1.54) is 7.11 Å². The molecule has 0 atom stereocenters. The third-order valence-corrected chi connectivity index (χ3v) is 3.39. The van der Waals surface area contributed by atoms with Crippen molar-refractivity contribution in [2.75, 3.05) is 20.8 Å². The molecule has 0 radical (unpaired) electrons. The molecule has 0 spiro atoms. The van der Waals surface area contributed by atoms with Crippen molar-refractivity contribution in [1.29, 1.82) is 0 Å². The number of aromatic nitrogens is 1. The van der Waals surface area contributed by atoms with Gasteiger partial charge in [0.2, 0.25) is 0 Å². The van der Waals surface area contributed by atoms with Gasteiger partial charge in [-0.05, 0) is 35.0 Å². The zero-order valence-electron chi connectivity index (χ0n) is 11.4. The molecule has 106 valence electrons. The summed E-state index contributed by atoms with van der Waals surface area (Å²) in [6.07, 6.45) is 0. The van der Waals surface area contributed by atoms with E-state index in [1.807, 2.05) is 19.1 Å². The van der Waals surface area contributed by atoms with Gasteiger partial charge < -0.3 is 14.2 Å². The topological polar surface area (TPSA) is 57.7 Å². The predicted octanol–water partition coefficient (Wildman–Crippen LogP) is 3.19. The molecule has 0 aliphatic rings. The van der Waals surface area contributed by atoms with Gasteiger partial charge in [-0.3, -0.25) is 0 Å². The van der Waals surface area contributed by atoms with E-state index < -0.39 is 5.97 Å². The molecular formula is C14H14BrNO4. The van der Waals surface area contributed by atoms with Crippen molar-refractivity contribution >= 4 is 32.8 Å². The number of halogens is 1. The first-order valence-corrected chi connectivity index (χ1v) is 6.80. The first-order valence-electron chi connectivity index (χ1n) is 6.00. The largest absolute Gasteiger partial charge is 0.496 e. The Kier molecular flexibility index (Phi) is 4.44. The molecule has 6 heteroatoms. The molecule has 0 bridgehead atoms. The number of rotatable bonds is 4. The molecule has 5 nitrogen and oxygen atoms in total. The number of esters is 1. The van der Waals surface area contributed by atoms with Crippen LogP contribution in [0, 0.1) is 0 Å². The minimum atomic E-state index is -0.512. The summed E-state index contributed by atoms with van der Waals surface area (Å²) >= 11 is 3.42. The summed E-state index contributed by atoms with van der Waals surface area (Å²) in [5, 5.41) is 0.719. The summed E-state index contributed by atoms with van der Waals surface area (Å²) < 4.78 is 16.4. The third kappa shape index (κ3) is 2.56. The summed E-state index contributed by atoms with van der Waals surface area (Å²) in [5.74, 6) is 0.661. The molecule has 2 rings (SSSR count). The lowest BCUT2D eigenvalue weighted by molar-refractivity contribution is 0.0594. The molecule has 1 aromatic carbocycles. The van der Waals surface area contributed by atoms with Crippen LogP contribution in [0.1, 0.15) is 17.4 Å². The number of nitrogens with zero attached hydrogens (tertiary/aromatic N) is 1. The van der Waals surface area contributed by atoms with Gasteiger partial charge in [0.1, 0.15) is 11.5 Å². The second kappa shape index (κ2) is 6.09. The summed E-state index contributed by atoms with van der Waals surface area (Å²) in [7, 11) is 2.89. The highest BCUT2D eigenvalue weighted by Crippen LogP contribution is 2.37. The van der Waals surface area contributed by atoms with Crippen LogP contribution in [0.2, 0.25) is 0 Å². The predicted molar refractivity (Wildman–Crippen MR) is 78.5 cm³/mol. The normalized spacial score (nSPS) is 10.4. The average molecular weight is 340 g/mol. The standard InChI is InChI=1S/C14H14BrNO4/c1-4-20-11-7-9(14(17)19-3)16-13-8(15)5-6-10(18-2)12(11)13/h5-7H,4H2,1-3H3. The Morgan fingerprint density at radius 1 is 1.30 bits per heavy atom. The molecule has 0 aliphatic carbocycles. The highest BCUT2D eigenvalue weighted by atomic mass is 79.9. The van der Waals surface area contributed by atoms with Gasteiger partial charge in [-0.25, -0.2) is 9.78 Å². The molecule has 1 heterocycles. The number of hydrogen-bond donors (Lipinski definition) is 0. The number of carbonyl (C=O) groups excluding carboxylic acids is 1. The first-order chi connectivity index (χ1) is 9.62. The molecule has 20 heavy (non-hydrogen) atoms. The van der Waals surface area contributed by atoms with E-state index in [-0.39, 0.29) is 5.69 Å². The molecule has 0 saturated heterocycles. The van der Waals surface area contributed by atoms with Crippen molar-refractivity contribution in [3.8, 4) is 11.5 Å². The fourth-order valence-corrected chi connectivity index (χ4v) is 2.31. The van der Waals surface area contributed by atoms with Gasteiger partial charge in [-0.2, -0.15) is 0 Å². The first kappa shape index (κ1) is 14.6. The van der Waals surface area contributed by atoms with Crippen molar-refractivity contribution in [3.05, 3.63) is 28.4 Å². The molecule has 2 aromatic rings. The third-order valence-electron chi connectivity index (χ3n) is 2.75. The van der Waals surface area contributed by atoms with Gasteiger partial charge in [-0.1, -0.05) is 0 Å². The highest BCUT2D eigenvalue weighted by Gasteiger charge is 2.18. The van der Waals surface area contributed by atoms with Gasteiger partial charge in [0.25, 0.3) is 0 Å². The quantitative estimate of drug-likeness (QED) is 0.800. The Morgan fingerprint density at radius 3 is 2.65 bits per heavy atom. The van der Waals surface area contributed by atoms with Crippen molar-refractivity contribution in [3.63, 3.8) is 0 Å². The number of benzene rings is 1. The Hall–Kier alpha value is -1.82. The Bertz CT molecular complexity index is 657. The zero-order chi connectivity index (χ0) is 14.7. The zero-order valence-corrected chi connectivity index (χ0v) is 13.0. The van der Waals surface area contributed by atoms with Crippen LogP contribution in [0.4, 0.5) is 0 Å². The van der Waals surface area contributed by atoms with Crippen molar-refractivity contribution < 1.29 is 19.0 Å². The van der Waals surface area contributed by atoms with Gasteiger partial charge in [0.05, 0.1) is 31.7 Å². The number of ether oxygens (including phenoxy) is 3. The summed E-state index contributed by atoms with van der Waals surface area (Å²) in [6, 6.07) is 5.19. The molecule has 0 unspecified atom stereocenters. The smallest absolute Gasteiger partial charge is 0.356 e. The number of carbonyl (C=O) groups is 1. The molecule has 0 aliphatic heterocycles. The number of pyridine rings is 1. The van der Waals surface area contributed by atoms with Crippen LogP contribution in [0.3, 0.4) is 0 Å². The van der Waals surface area contributed by atoms with E-state index >= 15 is 0 Å². The fourth-order valence-electron chi connectivity index (χ4n) is 1.89. The second-order valence-corrected chi connectivity index (χ2v) is 4.76. The Morgan fingerprint density at radius 2 is 2.05 bits per heavy atom. The van der Waals surface area contributed by atoms with Crippen LogP contribution in [0.15, 0.2) is 22.7 Å². The average Bonchev–Trinajstić information content (AvgIpc) is 2.47. The van der Waals surface area contributed by atoms with Crippen LogP contribution < -0.4 is 9.47 Å². The number of methoxy groups -OCH3 is 2. The second-order valence-electron chi connectivity index (χ2n) is 3.90. The van der Waals surface area contributed by atoms with E-state index in [4.69, 9.17) is 14.2 Å². The lowest BCUT2D eigenvalue weighted by Crippen LogP contribution is -2.06. The lowest BCUT2D eigenvalue weighted by Gasteiger charge is -2.13. The van der Waals surface area contributed by atoms with Gasteiger partial charge >= 0.3 is 5.97 Å². The number of fused-ring (bicyclic) bond motifs is 1. The van der Waals surface area contributed by atoms with E-state index in [9.17, 15) is 4.79 Å². The minimum absolute atomic E-state index is 0.192. The van der Waals surface area contributed by atoms with Crippen molar-refractivity contribution in [2.24, 2.45) is 0 Å². The van der Waals surface area contributed by atoms with E-state index in [1.54, 1.807) is 13.2 Å². The molecule has 0 N–H and O–H groups in total. The van der Waals surface area contributed by atoms with Crippen LogP contribution in [-0.2, 0) is 4.74 Å². The van der Waals surface area contributed by atoms with Crippen molar-refractivity contribution in [2.45, 2.75) is 6.92 Å². The van der Waals surface area contributed by atoms with Crippen LogP contribution in [-0.4, -0.2) is 31.8 Å². The van der Waals surface area contributed by atoms with Crippen molar-refractivity contribution in [1.82, 2.24) is 4.98 Å². The van der Waals surface area contributed by atoms with Gasteiger partial charge in [-0.15, -0.1) is 0 Å². The van der Waals surface area contributed by atoms with E-state index in [0.29, 0.717) is 23.6 Å². The maximum atomic E-state index is 11.7. The molecule has 0 amide bonds. The molecule has 1 aromatic heterocycles. The van der Waals surface area contributed by atoms with Crippen LogP contribution in [0.5, 0.6) is 11.5 Å². The minimum Gasteiger partial charge on any atom is -0.496 e. The number of hydrogen-bond acceptors (Lipinski definition) is 5. The Balaban J connectivity index is 2.80. The van der Waals surface area contributed by atoms with Gasteiger partial charge in [0.15, 0.2) is 5.69 Å². The molecule has 0 saturated carbocycles. The molecule has 0 fully saturated rings. The van der Waals surface area contributed by atoms with Crippen LogP contribution >= 0.6 is 15.9 Å². The lowest BCUT2D eigenvalue weighted by atomic mass is 10.1. The monoisotopic (exact) mass is 339 g/mol. The SMILES string of the molecule is CCOc1cc(C(=O)OC)nc2c(Br)ccc(OC)c12. The Labute approximate surface area is 125 Å². The maximum absolute atomic E-state index is 11.7. The van der Waals surface area contributed by atoms with E-state index in [0.717, 1.165) is 9.86 Å². The highest BCUT2D eigenvalue weighted by molar-refractivity contribution is 9.10. The van der Waals surface area contributed by atoms with Crippen LogP contribution in [0.25, 0.3) is 10.9 Å². The fraction of sp³-hybridized carbons (Fsp3) is 0.286. The van der Waals surface area contributed by atoms with E-state index in [2.05, 4.69) is 20.9 Å².